The van der Waals surface area contributed by atoms with Crippen LogP contribution in [0.4, 0.5) is 0 Å². The number of ketones is 1. The van der Waals surface area contributed by atoms with Crippen molar-refractivity contribution in [1.82, 2.24) is 0 Å². The third kappa shape index (κ3) is 2.48. The molecular weight excluding hydrogens is 260 g/mol. The first-order chi connectivity index (χ1) is 7.03. The SMILES string of the molecule is C=C(Br)CC1(C(=O)OCC)CCCC1=O. The maximum absolute atomic E-state index is 11.8. The normalized spacial score (nSPS) is 25.3. The summed E-state index contributed by atoms with van der Waals surface area (Å²) in [4.78, 5) is 23.6. The minimum atomic E-state index is -0.962. The van der Waals surface area contributed by atoms with E-state index in [9.17, 15) is 9.59 Å². The van der Waals surface area contributed by atoms with Gasteiger partial charge >= 0.3 is 5.97 Å². The molecule has 4 heteroatoms. The second-order valence-corrected chi connectivity index (χ2v) is 4.89. The Kier molecular flexibility index (Phi) is 4.08. The lowest BCUT2D eigenvalue weighted by Crippen LogP contribution is -2.37. The van der Waals surface area contributed by atoms with Gasteiger partial charge in [-0.2, -0.15) is 0 Å². The van der Waals surface area contributed by atoms with E-state index in [0.717, 1.165) is 6.42 Å². The van der Waals surface area contributed by atoms with E-state index >= 15 is 0 Å². The Morgan fingerprint density at radius 3 is 2.73 bits per heavy atom. The van der Waals surface area contributed by atoms with Crippen molar-refractivity contribution in [2.75, 3.05) is 6.61 Å². The van der Waals surface area contributed by atoms with Crippen LogP contribution in [-0.4, -0.2) is 18.4 Å². The van der Waals surface area contributed by atoms with Gasteiger partial charge in [0.2, 0.25) is 0 Å². The Labute approximate surface area is 98.0 Å². The van der Waals surface area contributed by atoms with Crippen molar-refractivity contribution in [2.24, 2.45) is 5.41 Å². The van der Waals surface area contributed by atoms with Crippen LogP contribution in [0.1, 0.15) is 32.6 Å². The Bertz CT molecular complexity index is 298. The molecule has 15 heavy (non-hydrogen) atoms. The molecule has 0 spiro atoms. The van der Waals surface area contributed by atoms with Crippen LogP contribution in [0.25, 0.3) is 0 Å². The molecule has 0 heterocycles. The number of esters is 1. The zero-order valence-electron chi connectivity index (χ0n) is 8.85. The highest BCUT2D eigenvalue weighted by molar-refractivity contribution is 9.11. The summed E-state index contributed by atoms with van der Waals surface area (Å²) in [6.07, 6.45) is 2.16. The largest absolute Gasteiger partial charge is 0.465 e. The van der Waals surface area contributed by atoms with Crippen LogP contribution in [-0.2, 0) is 14.3 Å². The molecule has 3 nitrogen and oxygen atoms in total. The number of hydrogen-bond donors (Lipinski definition) is 0. The quantitative estimate of drug-likeness (QED) is 0.585. The summed E-state index contributed by atoms with van der Waals surface area (Å²) >= 11 is 3.21. The van der Waals surface area contributed by atoms with Gasteiger partial charge in [-0.1, -0.05) is 22.5 Å². The molecule has 1 rings (SSSR count). The van der Waals surface area contributed by atoms with E-state index in [1.54, 1.807) is 6.92 Å². The zero-order valence-corrected chi connectivity index (χ0v) is 10.4. The molecule has 0 saturated heterocycles. The van der Waals surface area contributed by atoms with Gasteiger partial charge in [-0.25, -0.2) is 0 Å². The van der Waals surface area contributed by atoms with E-state index in [0.29, 0.717) is 30.4 Å². The van der Waals surface area contributed by atoms with E-state index < -0.39 is 11.4 Å². The third-order valence-electron chi connectivity index (χ3n) is 2.70. The summed E-state index contributed by atoms with van der Waals surface area (Å²) in [5, 5.41) is 0. The summed E-state index contributed by atoms with van der Waals surface area (Å²) in [5.41, 5.74) is -0.962. The van der Waals surface area contributed by atoms with Crippen molar-refractivity contribution in [3.05, 3.63) is 11.1 Å². The van der Waals surface area contributed by atoms with E-state index in [1.165, 1.54) is 0 Å². The number of hydrogen-bond acceptors (Lipinski definition) is 3. The van der Waals surface area contributed by atoms with Crippen molar-refractivity contribution in [3.8, 4) is 0 Å². The number of ether oxygens (including phenoxy) is 1. The monoisotopic (exact) mass is 274 g/mol. The van der Waals surface area contributed by atoms with Gasteiger partial charge in [-0.05, 0) is 24.2 Å². The van der Waals surface area contributed by atoms with Crippen LogP contribution in [0.2, 0.25) is 0 Å². The van der Waals surface area contributed by atoms with Crippen molar-refractivity contribution < 1.29 is 14.3 Å². The molecule has 1 fully saturated rings. The number of carbonyl (C=O) groups excluding carboxylic acids is 2. The maximum atomic E-state index is 11.8. The van der Waals surface area contributed by atoms with Gasteiger partial charge in [0.1, 0.15) is 5.41 Å². The highest BCUT2D eigenvalue weighted by atomic mass is 79.9. The molecule has 1 atom stereocenters. The smallest absolute Gasteiger partial charge is 0.319 e. The minimum Gasteiger partial charge on any atom is -0.465 e. The lowest BCUT2D eigenvalue weighted by Gasteiger charge is -2.24. The van der Waals surface area contributed by atoms with E-state index in [1.807, 2.05) is 0 Å². The summed E-state index contributed by atoms with van der Waals surface area (Å²) in [5.74, 6) is -0.408. The molecule has 0 aromatic carbocycles. The highest BCUT2D eigenvalue weighted by Crippen LogP contribution is 2.42. The lowest BCUT2D eigenvalue weighted by molar-refractivity contribution is -0.158. The molecule has 0 radical (unpaired) electrons. The van der Waals surface area contributed by atoms with Gasteiger partial charge in [0.25, 0.3) is 0 Å². The molecule has 0 bridgehead atoms. The number of halogens is 1. The third-order valence-corrected chi connectivity index (χ3v) is 2.98. The van der Waals surface area contributed by atoms with Crippen molar-refractivity contribution in [1.29, 1.82) is 0 Å². The first-order valence-electron chi connectivity index (χ1n) is 5.06. The van der Waals surface area contributed by atoms with Crippen LogP contribution in [0.15, 0.2) is 11.1 Å². The second kappa shape index (κ2) is 4.92. The molecule has 0 aromatic rings. The van der Waals surface area contributed by atoms with Crippen LogP contribution < -0.4 is 0 Å². The predicted molar refractivity (Wildman–Crippen MR) is 60.6 cm³/mol. The van der Waals surface area contributed by atoms with Gasteiger partial charge in [-0.15, -0.1) is 0 Å². The highest BCUT2D eigenvalue weighted by Gasteiger charge is 2.49. The van der Waals surface area contributed by atoms with Gasteiger partial charge in [0.15, 0.2) is 5.78 Å². The van der Waals surface area contributed by atoms with Gasteiger partial charge in [-0.3, -0.25) is 9.59 Å². The first-order valence-corrected chi connectivity index (χ1v) is 5.86. The fraction of sp³-hybridized carbons (Fsp3) is 0.636. The Hall–Kier alpha value is -0.640. The summed E-state index contributed by atoms with van der Waals surface area (Å²) in [6.45, 7) is 5.75. The molecule has 0 aromatic heterocycles. The summed E-state index contributed by atoms with van der Waals surface area (Å²) in [7, 11) is 0. The average molecular weight is 275 g/mol. The maximum Gasteiger partial charge on any atom is 0.319 e. The first kappa shape index (κ1) is 12.4. The fourth-order valence-corrected chi connectivity index (χ4v) is 2.48. The number of Topliss-reactive ketones (excluding diaryl/α,β-unsaturated/α-hetero) is 1. The molecule has 0 N–H and O–H groups in total. The molecule has 0 aliphatic heterocycles. The van der Waals surface area contributed by atoms with Crippen molar-refractivity contribution >= 4 is 27.7 Å². The van der Waals surface area contributed by atoms with Crippen molar-refractivity contribution in [3.63, 3.8) is 0 Å². The fourth-order valence-electron chi connectivity index (χ4n) is 2.00. The van der Waals surface area contributed by atoms with Gasteiger partial charge < -0.3 is 4.74 Å². The van der Waals surface area contributed by atoms with E-state index in [2.05, 4.69) is 22.5 Å². The topological polar surface area (TPSA) is 43.4 Å². The zero-order chi connectivity index (χ0) is 11.5. The number of rotatable bonds is 4. The van der Waals surface area contributed by atoms with Crippen LogP contribution in [0, 0.1) is 5.41 Å². The van der Waals surface area contributed by atoms with Crippen LogP contribution >= 0.6 is 15.9 Å². The summed E-state index contributed by atoms with van der Waals surface area (Å²) < 4.78 is 5.65. The minimum absolute atomic E-state index is 0.0125. The van der Waals surface area contributed by atoms with E-state index in [-0.39, 0.29) is 5.78 Å². The number of carbonyl (C=O) groups is 2. The molecule has 0 amide bonds. The van der Waals surface area contributed by atoms with Gasteiger partial charge in [0, 0.05) is 12.8 Å². The summed E-state index contributed by atoms with van der Waals surface area (Å²) in [6, 6.07) is 0. The Balaban J connectivity index is 2.90. The number of allylic oxidation sites excluding steroid dienone is 1. The lowest BCUT2D eigenvalue weighted by atomic mass is 9.82. The molecule has 84 valence electrons. The second-order valence-electron chi connectivity index (χ2n) is 3.77. The molecule has 1 saturated carbocycles. The molecular formula is C11H15BrO3. The molecule has 1 aliphatic rings. The Morgan fingerprint density at radius 2 is 2.33 bits per heavy atom. The van der Waals surface area contributed by atoms with Crippen LogP contribution in [0.3, 0.4) is 0 Å². The predicted octanol–water partition coefficient (Wildman–Crippen LogP) is 2.59. The van der Waals surface area contributed by atoms with Gasteiger partial charge in [0.05, 0.1) is 6.61 Å². The van der Waals surface area contributed by atoms with Crippen LogP contribution in [0.5, 0.6) is 0 Å². The van der Waals surface area contributed by atoms with Crippen molar-refractivity contribution in [2.45, 2.75) is 32.6 Å². The van der Waals surface area contributed by atoms with E-state index in [4.69, 9.17) is 4.74 Å². The standard InChI is InChI=1S/C11H15BrO3/c1-3-15-10(14)11(7-8(2)12)6-4-5-9(11)13/h2-7H2,1H3. The molecule has 1 unspecified atom stereocenters. The average Bonchev–Trinajstić information content (AvgIpc) is 2.48. The molecule has 1 aliphatic carbocycles. The Morgan fingerprint density at radius 1 is 1.67 bits per heavy atom.